The molecule has 0 saturated carbocycles. The molecule has 0 aromatic rings. The summed E-state index contributed by atoms with van der Waals surface area (Å²) in [5.74, 6) is 1.38. The van der Waals surface area contributed by atoms with Gasteiger partial charge in [0.25, 0.3) is 0 Å². The first kappa shape index (κ1) is 16.5. The van der Waals surface area contributed by atoms with Gasteiger partial charge in [-0.15, -0.1) is 0 Å². The van der Waals surface area contributed by atoms with E-state index in [2.05, 4.69) is 45.3 Å². The Balaban J connectivity index is 2.45. The van der Waals surface area contributed by atoms with Gasteiger partial charge in [0, 0.05) is 11.5 Å². The highest BCUT2D eigenvalue weighted by Gasteiger charge is 2.37. The van der Waals surface area contributed by atoms with Crippen LogP contribution < -0.4 is 10.6 Å². The molecule has 3 nitrogen and oxygen atoms in total. The first-order chi connectivity index (χ1) is 8.84. The van der Waals surface area contributed by atoms with E-state index in [1.807, 2.05) is 0 Å². The van der Waals surface area contributed by atoms with Crippen molar-refractivity contribution in [1.29, 1.82) is 0 Å². The zero-order chi connectivity index (χ0) is 14.5. The van der Waals surface area contributed by atoms with Gasteiger partial charge in [-0.3, -0.25) is 4.79 Å². The molecule has 2 N–H and O–H groups in total. The molecular formula is C16H32N2O. The molecule has 0 aromatic heterocycles. The second-order valence-corrected chi connectivity index (χ2v) is 7.11. The summed E-state index contributed by atoms with van der Waals surface area (Å²) in [7, 11) is 0. The first-order valence-electron chi connectivity index (χ1n) is 7.85. The Morgan fingerprint density at radius 1 is 1.32 bits per heavy atom. The molecule has 0 radical (unpaired) electrons. The van der Waals surface area contributed by atoms with E-state index in [-0.39, 0.29) is 17.4 Å². The van der Waals surface area contributed by atoms with Crippen molar-refractivity contribution < 1.29 is 4.79 Å². The zero-order valence-electron chi connectivity index (χ0n) is 13.4. The standard InChI is InChI=1S/C16H32N2O/c1-12(2)8-9-13(3)18-15(19)16(4,5)14-7-6-10-17-11-14/h12-14,17H,6-11H2,1-5H3,(H,18,19). The maximum Gasteiger partial charge on any atom is 0.226 e. The van der Waals surface area contributed by atoms with Crippen LogP contribution in [0.25, 0.3) is 0 Å². The highest BCUT2D eigenvalue weighted by atomic mass is 16.2. The smallest absolute Gasteiger partial charge is 0.226 e. The van der Waals surface area contributed by atoms with Gasteiger partial charge in [0.2, 0.25) is 5.91 Å². The Hall–Kier alpha value is -0.570. The highest BCUT2D eigenvalue weighted by Crippen LogP contribution is 2.32. The molecule has 3 heteroatoms. The third kappa shape index (κ3) is 5.13. The van der Waals surface area contributed by atoms with Crippen LogP contribution in [-0.4, -0.2) is 25.0 Å². The maximum absolute atomic E-state index is 12.5. The second kappa shape index (κ2) is 7.28. The van der Waals surface area contributed by atoms with E-state index in [1.165, 1.54) is 12.8 Å². The fourth-order valence-electron chi connectivity index (χ4n) is 2.72. The lowest BCUT2D eigenvalue weighted by molar-refractivity contribution is -0.133. The Morgan fingerprint density at radius 2 is 2.00 bits per heavy atom. The number of rotatable bonds is 6. The molecule has 1 heterocycles. The van der Waals surface area contributed by atoms with E-state index >= 15 is 0 Å². The number of carbonyl (C=O) groups is 1. The van der Waals surface area contributed by atoms with Crippen molar-refractivity contribution in [1.82, 2.24) is 10.6 Å². The predicted octanol–water partition coefficient (Wildman–Crippen LogP) is 2.95. The van der Waals surface area contributed by atoms with Gasteiger partial charge in [-0.2, -0.15) is 0 Å². The van der Waals surface area contributed by atoms with Crippen LogP contribution in [0.15, 0.2) is 0 Å². The second-order valence-electron chi connectivity index (χ2n) is 7.11. The minimum absolute atomic E-state index is 0.220. The Morgan fingerprint density at radius 3 is 2.53 bits per heavy atom. The fourth-order valence-corrected chi connectivity index (χ4v) is 2.72. The van der Waals surface area contributed by atoms with Gasteiger partial charge in [0.1, 0.15) is 0 Å². The van der Waals surface area contributed by atoms with Gasteiger partial charge in [-0.05, 0) is 57.5 Å². The summed E-state index contributed by atoms with van der Waals surface area (Å²) in [6.07, 6.45) is 4.59. The molecule has 1 rings (SSSR count). The quantitative estimate of drug-likeness (QED) is 0.777. The van der Waals surface area contributed by atoms with E-state index in [4.69, 9.17) is 0 Å². The maximum atomic E-state index is 12.5. The minimum Gasteiger partial charge on any atom is -0.353 e. The van der Waals surface area contributed by atoms with Gasteiger partial charge in [0.15, 0.2) is 0 Å². The molecule has 1 amide bonds. The Labute approximate surface area is 118 Å². The van der Waals surface area contributed by atoms with E-state index < -0.39 is 0 Å². The van der Waals surface area contributed by atoms with E-state index in [9.17, 15) is 4.79 Å². The highest BCUT2D eigenvalue weighted by molar-refractivity contribution is 5.82. The third-order valence-corrected chi connectivity index (χ3v) is 4.46. The van der Waals surface area contributed by atoms with Crippen LogP contribution in [0.3, 0.4) is 0 Å². The van der Waals surface area contributed by atoms with E-state index in [0.29, 0.717) is 11.8 Å². The van der Waals surface area contributed by atoms with Crippen LogP contribution in [0.5, 0.6) is 0 Å². The summed E-state index contributed by atoms with van der Waals surface area (Å²) in [5.41, 5.74) is -0.264. The van der Waals surface area contributed by atoms with Crippen molar-refractivity contribution in [2.75, 3.05) is 13.1 Å². The number of piperidine rings is 1. The molecule has 0 spiro atoms. The van der Waals surface area contributed by atoms with Crippen LogP contribution >= 0.6 is 0 Å². The number of amides is 1. The molecule has 1 aliphatic heterocycles. The van der Waals surface area contributed by atoms with Crippen molar-refractivity contribution in [2.24, 2.45) is 17.3 Å². The van der Waals surface area contributed by atoms with Gasteiger partial charge in [-0.1, -0.05) is 27.7 Å². The van der Waals surface area contributed by atoms with Crippen LogP contribution in [0.4, 0.5) is 0 Å². The van der Waals surface area contributed by atoms with Gasteiger partial charge in [-0.25, -0.2) is 0 Å². The van der Waals surface area contributed by atoms with Crippen molar-refractivity contribution in [2.45, 2.75) is 66.3 Å². The first-order valence-corrected chi connectivity index (χ1v) is 7.85. The molecule has 112 valence electrons. The molecule has 1 aliphatic rings. The van der Waals surface area contributed by atoms with Crippen LogP contribution in [0.2, 0.25) is 0 Å². The fraction of sp³-hybridized carbons (Fsp3) is 0.938. The normalized spacial score (nSPS) is 22.3. The molecule has 19 heavy (non-hydrogen) atoms. The molecule has 0 aliphatic carbocycles. The molecule has 2 unspecified atom stereocenters. The number of hydrogen-bond acceptors (Lipinski definition) is 2. The van der Waals surface area contributed by atoms with Crippen LogP contribution in [-0.2, 0) is 4.79 Å². The van der Waals surface area contributed by atoms with Crippen LogP contribution in [0.1, 0.15) is 60.3 Å². The number of carbonyl (C=O) groups excluding carboxylic acids is 1. The summed E-state index contributed by atoms with van der Waals surface area (Å²) in [6, 6.07) is 0.283. The van der Waals surface area contributed by atoms with Gasteiger partial charge < -0.3 is 10.6 Å². The molecular weight excluding hydrogens is 236 g/mol. The average Bonchev–Trinajstić information content (AvgIpc) is 2.37. The molecule has 0 aromatic carbocycles. The lowest BCUT2D eigenvalue weighted by Crippen LogP contribution is -2.49. The monoisotopic (exact) mass is 268 g/mol. The molecule has 2 atom stereocenters. The van der Waals surface area contributed by atoms with Crippen LogP contribution in [0, 0.1) is 17.3 Å². The number of hydrogen-bond donors (Lipinski definition) is 2. The zero-order valence-corrected chi connectivity index (χ0v) is 13.4. The summed E-state index contributed by atoms with van der Waals surface area (Å²) in [6.45, 7) is 12.8. The van der Waals surface area contributed by atoms with Gasteiger partial charge in [0.05, 0.1) is 0 Å². The number of nitrogens with one attached hydrogen (secondary N) is 2. The predicted molar refractivity (Wildman–Crippen MR) is 81.1 cm³/mol. The minimum atomic E-state index is -0.264. The van der Waals surface area contributed by atoms with Crippen molar-refractivity contribution >= 4 is 5.91 Å². The topological polar surface area (TPSA) is 41.1 Å². The lowest BCUT2D eigenvalue weighted by Gasteiger charge is -2.36. The van der Waals surface area contributed by atoms with E-state index in [1.54, 1.807) is 0 Å². The summed E-state index contributed by atoms with van der Waals surface area (Å²) < 4.78 is 0. The molecule has 1 saturated heterocycles. The molecule has 0 bridgehead atoms. The van der Waals surface area contributed by atoms with Crippen molar-refractivity contribution in [3.8, 4) is 0 Å². The SMILES string of the molecule is CC(C)CCC(C)NC(=O)C(C)(C)C1CCCNC1. The Bertz CT molecular complexity index is 280. The van der Waals surface area contributed by atoms with E-state index in [0.717, 1.165) is 25.9 Å². The summed E-state index contributed by atoms with van der Waals surface area (Å²) in [4.78, 5) is 12.5. The van der Waals surface area contributed by atoms with Crippen molar-refractivity contribution in [3.63, 3.8) is 0 Å². The third-order valence-electron chi connectivity index (χ3n) is 4.46. The van der Waals surface area contributed by atoms with Crippen molar-refractivity contribution in [3.05, 3.63) is 0 Å². The largest absolute Gasteiger partial charge is 0.353 e. The summed E-state index contributed by atoms with van der Waals surface area (Å²) in [5, 5.41) is 6.62. The Kier molecular flexibility index (Phi) is 6.31. The average molecular weight is 268 g/mol. The lowest BCUT2D eigenvalue weighted by atomic mass is 9.74. The molecule has 1 fully saturated rings. The summed E-state index contributed by atoms with van der Waals surface area (Å²) >= 11 is 0. The van der Waals surface area contributed by atoms with Gasteiger partial charge >= 0.3 is 0 Å².